The van der Waals surface area contributed by atoms with Gasteiger partial charge in [0.2, 0.25) is 0 Å². The van der Waals surface area contributed by atoms with Crippen LogP contribution in [-0.2, 0) is 0 Å². The zero-order valence-electron chi connectivity index (χ0n) is 11.7. The van der Waals surface area contributed by atoms with E-state index in [0.717, 1.165) is 0 Å². The molecule has 98 valence electrons. The van der Waals surface area contributed by atoms with Crippen molar-refractivity contribution in [3.8, 4) is 0 Å². The zero-order chi connectivity index (χ0) is 13.8. The number of benzene rings is 2. The summed E-state index contributed by atoms with van der Waals surface area (Å²) in [7, 11) is 1.97. The summed E-state index contributed by atoms with van der Waals surface area (Å²) in [4.78, 5) is 1.27. The minimum atomic E-state index is 1.17. The maximum absolute atomic E-state index is 3.90. The second-order valence-electron chi connectivity index (χ2n) is 4.30. The van der Waals surface area contributed by atoms with Crippen LogP contribution in [0.2, 0.25) is 0 Å². The largest absolute Gasteiger partial charge is 0.387 e. The average molecular weight is 269 g/mol. The SMILES string of the molecule is C=Cc1ccc2cc(SC)c(NC)cc2c1/C=C\C. The summed E-state index contributed by atoms with van der Waals surface area (Å²) in [6.07, 6.45) is 8.24. The number of allylic oxidation sites excluding steroid dienone is 1. The molecule has 2 aromatic carbocycles. The van der Waals surface area contributed by atoms with Crippen molar-refractivity contribution in [2.24, 2.45) is 0 Å². The van der Waals surface area contributed by atoms with Crippen LogP contribution in [0.1, 0.15) is 18.1 Å². The monoisotopic (exact) mass is 269 g/mol. The molecule has 0 unspecified atom stereocenters. The third-order valence-corrected chi connectivity index (χ3v) is 4.02. The Kier molecular flexibility index (Phi) is 4.33. The van der Waals surface area contributed by atoms with Crippen LogP contribution in [0.3, 0.4) is 0 Å². The molecule has 0 bridgehead atoms. The molecule has 2 heteroatoms. The number of nitrogens with one attached hydrogen (secondary N) is 1. The molecule has 0 saturated carbocycles. The van der Waals surface area contributed by atoms with Gasteiger partial charge in [0, 0.05) is 17.6 Å². The van der Waals surface area contributed by atoms with Crippen molar-refractivity contribution in [2.45, 2.75) is 11.8 Å². The summed E-state index contributed by atoms with van der Waals surface area (Å²) in [6, 6.07) is 8.77. The van der Waals surface area contributed by atoms with Gasteiger partial charge in [-0.2, -0.15) is 0 Å². The second kappa shape index (κ2) is 5.98. The van der Waals surface area contributed by atoms with E-state index in [2.05, 4.69) is 54.6 Å². The van der Waals surface area contributed by atoms with E-state index in [-0.39, 0.29) is 0 Å². The van der Waals surface area contributed by atoms with Gasteiger partial charge in [-0.05, 0) is 47.2 Å². The number of fused-ring (bicyclic) bond motifs is 1. The lowest BCUT2D eigenvalue weighted by Gasteiger charge is -2.12. The first-order valence-corrected chi connectivity index (χ1v) is 7.55. The highest BCUT2D eigenvalue weighted by Crippen LogP contribution is 2.33. The van der Waals surface area contributed by atoms with Crippen LogP contribution in [0.15, 0.2) is 41.8 Å². The van der Waals surface area contributed by atoms with E-state index in [4.69, 9.17) is 0 Å². The normalized spacial score (nSPS) is 11.1. The second-order valence-corrected chi connectivity index (χ2v) is 5.14. The van der Waals surface area contributed by atoms with Gasteiger partial charge in [0.1, 0.15) is 0 Å². The number of anilines is 1. The standard InChI is InChI=1S/C17H19NS/c1-5-7-14-12(6-2)8-9-13-10-17(19-4)16(18-3)11-15(13)14/h5-11,18H,2H2,1,3-4H3/b7-5-. The quantitative estimate of drug-likeness (QED) is 0.758. The van der Waals surface area contributed by atoms with Crippen LogP contribution < -0.4 is 5.32 Å². The van der Waals surface area contributed by atoms with Gasteiger partial charge in [-0.15, -0.1) is 11.8 Å². The highest BCUT2D eigenvalue weighted by atomic mass is 32.2. The van der Waals surface area contributed by atoms with E-state index in [0.29, 0.717) is 0 Å². The molecule has 0 radical (unpaired) electrons. The van der Waals surface area contributed by atoms with E-state index >= 15 is 0 Å². The van der Waals surface area contributed by atoms with Gasteiger partial charge < -0.3 is 5.32 Å². The summed E-state index contributed by atoms with van der Waals surface area (Å²) in [5, 5.41) is 5.80. The molecule has 0 aliphatic heterocycles. The van der Waals surface area contributed by atoms with Crippen LogP contribution >= 0.6 is 11.8 Å². The molecule has 0 heterocycles. The first-order chi connectivity index (χ1) is 9.24. The van der Waals surface area contributed by atoms with Crippen molar-refractivity contribution in [3.05, 3.63) is 48.0 Å². The Balaban J connectivity index is 2.83. The average Bonchev–Trinajstić information content (AvgIpc) is 2.46. The van der Waals surface area contributed by atoms with E-state index < -0.39 is 0 Å². The molecule has 0 spiro atoms. The molecule has 0 atom stereocenters. The Morgan fingerprint density at radius 3 is 2.63 bits per heavy atom. The molecule has 1 nitrogen and oxygen atoms in total. The molecular formula is C17H19NS. The predicted octanol–water partition coefficient (Wildman–Crippen LogP) is 5.28. The number of hydrogen-bond acceptors (Lipinski definition) is 2. The van der Waals surface area contributed by atoms with Gasteiger partial charge in [0.25, 0.3) is 0 Å². The fraction of sp³-hybridized carbons (Fsp3) is 0.176. The molecule has 0 fully saturated rings. The van der Waals surface area contributed by atoms with Crippen molar-refractivity contribution >= 4 is 40.4 Å². The molecule has 1 N–H and O–H groups in total. The number of rotatable bonds is 4. The third-order valence-electron chi connectivity index (χ3n) is 3.24. The molecule has 19 heavy (non-hydrogen) atoms. The van der Waals surface area contributed by atoms with Crippen LogP contribution in [0.5, 0.6) is 0 Å². The van der Waals surface area contributed by atoms with Crippen molar-refractivity contribution in [1.29, 1.82) is 0 Å². The van der Waals surface area contributed by atoms with Gasteiger partial charge in [0.15, 0.2) is 0 Å². The van der Waals surface area contributed by atoms with Gasteiger partial charge in [-0.3, -0.25) is 0 Å². The minimum absolute atomic E-state index is 1.17. The highest BCUT2D eigenvalue weighted by Gasteiger charge is 2.07. The number of hydrogen-bond donors (Lipinski definition) is 1. The van der Waals surface area contributed by atoms with Crippen molar-refractivity contribution in [1.82, 2.24) is 0 Å². The Labute approximate surface area is 119 Å². The van der Waals surface area contributed by atoms with Gasteiger partial charge in [-0.1, -0.05) is 36.9 Å². The molecule has 2 aromatic rings. The Morgan fingerprint density at radius 1 is 1.26 bits per heavy atom. The summed E-state index contributed by atoms with van der Waals surface area (Å²) in [6.45, 7) is 5.95. The first kappa shape index (κ1) is 13.8. The molecule has 2 rings (SSSR count). The van der Waals surface area contributed by atoms with Crippen molar-refractivity contribution in [3.63, 3.8) is 0 Å². The minimum Gasteiger partial charge on any atom is -0.387 e. The van der Waals surface area contributed by atoms with Crippen LogP contribution in [0.4, 0.5) is 5.69 Å². The van der Waals surface area contributed by atoms with Crippen LogP contribution in [0, 0.1) is 0 Å². The van der Waals surface area contributed by atoms with Crippen LogP contribution in [0.25, 0.3) is 22.9 Å². The van der Waals surface area contributed by atoms with Gasteiger partial charge in [-0.25, -0.2) is 0 Å². The molecule has 0 aliphatic rings. The zero-order valence-corrected chi connectivity index (χ0v) is 12.5. The summed E-state index contributed by atoms with van der Waals surface area (Å²) in [5.41, 5.74) is 3.58. The fourth-order valence-electron chi connectivity index (χ4n) is 2.29. The van der Waals surface area contributed by atoms with Crippen LogP contribution in [-0.4, -0.2) is 13.3 Å². The maximum Gasteiger partial charge on any atom is 0.0482 e. The van der Waals surface area contributed by atoms with E-state index in [1.54, 1.807) is 11.8 Å². The van der Waals surface area contributed by atoms with Gasteiger partial charge in [0.05, 0.1) is 0 Å². The predicted molar refractivity (Wildman–Crippen MR) is 90.1 cm³/mol. The van der Waals surface area contributed by atoms with Crippen molar-refractivity contribution in [2.75, 3.05) is 18.6 Å². The smallest absolute Gasteiger partial charge is 0.0482 e. The summed E-state index contributed by atoms with van der Waals surface area (Å²) in [5.74, 6) is 0. The fourth-order valence-corrected chi connectivity index (χ4v) is 2.91. The lowest BCUT2D eigenvalue weighted by molar-refractivity contribution is 1.41. The Hall–Kier alpha value is -1.67. The molecular weight excluding hydrogens is 250 g/mol. The first-order valence-electron chi connectivity index (χ1n) is 6.32. The molecule has 0 aromatic heterocycles. The summed E-state index contributed by atoms with van der Waals surface area (Å²) >= 11 is 1.76. The van der Waals surface area contributed by atoms with Gasteiger partial charge >= 0.3 is 0 Å². The maximum atomic E-state index is 3.90. The molecule has 0 aliphatic carbocycles. The Bertz CT molecular complexity index is 641. The van der Waals surface area contributed by atoms with E-state index in [9.17, 15) is 0 Å². The van der Waals surface area contributed by atoms with E-state index in [1.807, 2.05) is 20.0 Å². The topological polar surface area (TPSA) is 12.0 Å². The lowest BCUT2D eigenvalue weighted by atomic mass is 9.98. The molecule has 0 amide bonds. The summed E-state index contributed by atoms with van der Waals surface area (Å²) < 4.78 is 0. The Morgan fingerprint density at radius 2 is 2.05 bits per heavy atom. The van der Waals surface area contributed by atoms with Crippen molar-refractivity contribution < 1.29 is 0 Å². The van der Waals surface area contributed by atoms with E-state index in [1.165, 1.54) is 32.5 Å². The number of thioether (sulfide) groups is 1. The molecule has 0 saturated heterocycles. The lowest BCUT2D eigenvalue weighted by Crippen LogP contribution is -1.93. The highest BCUT2D eigenvalue weighted by molar-refractivity contribution is 7.98. The third kappa shape index (κ3) is 2.54.